The van der Waals surface area contributed by atoms with Gasteiger partial charge in [-0.25, -0.2) is 9.36 Å². The molecule has 3 aromatic heterocycles. The molecule has 2 aliphatic heterocycles. The average Bonchev–Trinajstić information content (AvgIpc) is 3.52. The van der Waals surface area contributed by atoms with E-state index in [0.717, 1.165) is 16.4 Å². The Balaban J connectivity index is 1.34. The number of fused-ring (bicyclic) bond motifs is 2. The maximum atomic E-state index is 13.0. The summed E-state index contributed by atoms with van der Waals surface area (Å²) in [6.45, 7) is 0.114. The van der Waals surface area contributed by atoms with E-state index in [1.54, 1.807) is 29.1 Å². The number of β-lactam (4-membered cyclic amide) rings is 1. The van der Waals surface area contributed by atoms with Gasteiger partial charge in [0.25, 0.3) is 11.8 Å². The molecule has 5 rings (SSSR count). The summed E-state index contributed by atoms with van der Waals surface area (Å²) in [6.07, 6.45) is 3.31. The number of hydrogen-bond donors (Lipinski definition) is 5. The van der Waals surface area contributed by atoms with Crippen molar-refractivity contribution < 1.29 is 34.1 Å². The maximum absolute atomic E-state index is 13.0. The van der Waals surface area contributed by atoms with Crippen LogP contribution in [0.3, 0.4) is 0 Å². The molecule has 202 valence electrons. The highest BCUT2D eigenvalue weighted by Crippen LogP contribution is 2.40. The summed E-state index contributed by atoms with van der Waals surface area (Å²) in [5.74, 6) is -2.81. The van der Waals surface area contributed by atoms with Crippen molar-refractivity contribution in [3.05, 3.63) is 41.6 Å². The first kappa shape index (κ1) is 25.9. The lowest BCUT2D eigenvalue weighted by molar-refractivity contribution is -0.662. The zero-order chi connectivity index (χ0) is 27.8. The van der Waals surface area contributed by atoms with Crippen LogP contribution < -0.4 is 31.4 Å². The molecular formula is C20H19N11O6S2. The largest absolute Gasteiger partial charge is 0.543 e. The monoisotopic (exact) mass is 573 g/mol. The first-order chi connectivity index (χ1) is 18.7. The third kappa shape index (κ3) is 4.68. The Morgan fingerprint density at radius 2 is 2.15 bits per heavy atom. The normalized spacial score (nSPS) is 18.9. The molecule has 0 aromatic carbocycles. The van der Waals surface area contributed by atoms with Crippen LogP contribution in [-0.2, 0) is 20.9 Å². The summed E-state index contributed by atoms with van der Waals surface area (Å²) in [6, 6.07) is 1.77. The van der Waals surface area contributed by atoms with Crippen LogP contribution in [0, 0.1) is 0 Å². The van der Waals surface area contributed by atoms with Gasteiger partial charge in [-0.1, -0.05) is 14.8 Å². The number of carbonyl (C=O) groups is 4. The molecule has 0 unspecified atom stereocenters. The summed E-state index contributed by atoms with van der Waals surface area (Å²) < 4.78 is 7.05. The first-order valence-corrected chi connectivity index (χ1v) is 12.9. The van der Waals surface area contributed by atoms with Crippen LogP contribution in [-0.4, -0.2) is 82.8 Å². The number of thioether (sulfide) groups is 1. The van der Waals surface area contributed by atoms with Crippen LogP contribution >= 0.6 is 23.3 Å². The van der Waals surface area contributed by atoms with Crippen molar-refractivity contribution in [1.82, 2.24) is 34.5 Å². The number of carbonyl (C=O) groups excluding carboxylic acids is 4. The molecule has 17 nitrogen and oxygen atoms in total. The van der Waals surface area contributed by atoms with Gasteiger partial charge in [-0.3, -0.25) is 19.8 Å². The molecule has 0 saturated carbocycles. The van der Waals surface area contributed by atoms with E-state index in [4.69, 9.17) is 5.73 Å². The second kappa shape index (κ2) is 10.2. The van der Waals surface area contributed by atoms with Gasteiger partial charge in [-0.05, 0) is 6.07 Å². The number of carboxylic acids is 1. The zero-order valence-corrected chi connectivity index (χ0v) is 21.5. The Morgan fingerprint density at radius 3 is 2.82 bits per heavy atom. The number of aliphatic carboxylic acids is 1. The summed E-state index contributed by atoms with van der Waals surface area (Å²) >= 11 is 2.05. The highest BCUT2D eigenvalue weighted by Gasteiger charge is 2.53. The highest BCUT2D eigenvalue weighted by atomic mass is 32.2. The molecule has 39 heavy (non-hydrogen) atoms. The second-order valence-corrected chi connectivity index (χ2v) is 10.0. The number of nitrogens with two attached hydrogens (primary N) is 1. The second-order valence-electron chi connectivity index (χ2n) is 8.16. The number of oxime groups is 1. The molecule has 0 aliphatic carbocycles. The number of amides is 4. The summed E-state index contributed by atoms with van der Waals surface area (Å²) in [5.41, 5.74) is 5.70. The summed E-state index contributed by atoms with van der Waals surface area (Å²) in [5, 5.41) is 35.4. The Labute approximate surface area is 226 Å². The molecule has 0 radical (unpaired) electrons. The first-order valence-electron chi connectivity index (χ1n) is 11.1. The van der Waals surface area contributed by atoms with E-state index >= 15 is 0 Å². The van der Waals surface area contributed by atoms with Crippen LogP contribution in [0.25, 0.3) is 5.65 Å². The lowest BCUT2D eigenvalue weighted by Crippen LogP contribution is -2.71. The highest BCUT2D eigenvalue weighted by molar-refractivity contribution is 8.00. The van der Waals surface area contributed by atoms with Crippen LogP contribution in [0.2, 0.25) is 0 Å². The fourth-order valence-corrected chi connectivity index (χ4v) is 5.87. The van der Waals surface area contributed by atoms with Gasteiger partial charge >= 0.3 is 11.7 Å². The Kier molecular flexibility index (Phi) is 6.74. The third-order valence-electron chi connectivity index (χ3n) is 5.85. The quantitative estimate of drug-likeness (QED) is 0.0631. The predicted octanol–water partition coefficient (Wildman–Crippen LogP) is -2.91. The number of aromatic nitrogens is 5. The number of anilines is 2. The van der Waals surface area contributed by atoms with Crippen LogP contribution in [0.4, 0.5) is 15.7 Å². The molecular weight excluding hydrogens is 554 g/mol. The van der Waals surface area contributed by atoms with Gasteiger partial charge in [-0.15, -0.1) is 11.8 Å². The van der Waals surface area contributed by atoms with Gasteiger partial charge < -0.3 is 31.5 Å². The molecule has 1 fully saturated rings. The van der Waals surface area contributed by atoms with E-state index in [0.29, 0.717) is 17.0 Å². The van der Waals surface area contributed by atoms with Crippen molar-refractivity contribution in [3.8, 4) is 0 Å². The minimum absolute atomic E-state index is 0.0506. The van der Waals surface area contributed by atoms with Crippen molar-refractivity contribution in [2.24, 2.45) is 5.16 Å². The van der Waals surface area contributed by atoms with E-state index in [9.17, 15) is 29.5 Å². The molecule has 3 aromatic rings. The van der Waals surface area contributed by atoms with Gasteiger partial charge in [0.15, 0.2) is 17.1 Å². The number of imidazole rings is 1. The lowest BCUT2D eigenvalue weighted by atomic mass is 10.0. The van der Waals surface area contributed by atoms with Gasteiger partial charge in [0.05, 0.1) is 11.7 Å². The van der Waals surface area contributed by atoms with E-state index in [2.05, 4.69) is 35.6 Å². The third-order valence-corrected chi connectivity index (χ3v) is 7.73. The van der Waals surface area contributed by atoms with Crippen LogP contribution in [0.15, 0.2) is 41.0 Å². The number of hydrogen-bond acceptors (Lipinski definition) is 13. The summed E-state index contributed by atoms with van der Waals surface area (Å²) in [7, 11) is 1.48. The predicted molar refractivity (Wildman–Crippen MR) is 133 cm³/mol. The zero-order valence-electron chi connectivity index (χ0n) is 19.9. The number of nitrogen functional groups attached to an aromatic ring is 1. The molecule has 5 heterocycles. The van der Waals surface area contributed by atoms with Crippen molar-refractivity contribution >= 4 is 69.4 Å². The molecule has 0 bridgehead atoms. The van der Waals surface area contributed by atoms with Crippen molar-refractivity contribution in [2.45, 2.75) is 18.0 Å². The Hall–Kier alpha value is -4.78. The van der Waals surface area contributed by atoms with E-state index in [1.165, 1.54) is 23.3 Å². The van der Waals surface area contributed by atoms with Gasteiger partial charge in [0.2, 0.25) is 11.5 Å². The lowest BCUT2D eigenvalue weighted by Gasteiger charge is -2.50. The standard InChI is InChI=1S/C20H19N11O6S2/c1-22-20(36)23-9-2-3-10-29(4-5-30(10)26-9)6-8-7-38-17-12(16(33)31(17)13(8)18(34)35)24-15(32)11(27-37)14-25-19(21)39-28-14/h2-5,12,17H,6-7H2,1H3,(H6-,21,22,23,24,25,26,28,32,34,35,36,37)/t12-,17-/m1/s1. The van der Waals surface area contributed by atoms with Gasteiger partial charge in [0, 0.05) is 36.0 Å². The van der Waals surface area contributed by atoms with Crippen molar-refractivity contribution in [3.63, 3.8) is 0 Å². The van der Waals surface area contributed by atoms with E-state index in [1.807, 2.05) is 0 Å². The number of carboxylic acid groups (broad SMARTS) is 1. The number of nitrogens with one attached hydrogen (secondary N) is 3. The fourth-order valence-electron chi connectivity index (χ4n) is 4.10. The van der Waals surface area contributed by atoms with Crippen LogP contribution in [0.5, 0.6) is 0 Å². The van der Waals surface area contributed by atoms with Gasteiger partial charge in [-0.2, -0.15) is 9.36 Å². The Bertz CT molecular complexity index is 1580. The van der Waals surface area contributed by atoms with Crippen LogP contribution in [0.1, 0.15) is 5.82 Å². The van der Waals surface area contributed by atoms with E-state index in [-0.39, 0.29) is 29.0 Å². The van der Waals surface area contributed by atoms with Crippen molar-refractivity contribution in [2.75, 3.05) is 23.9 Å². The minimum Gasteiger partial charge on any atom is -0.543 e. The average molecular weight is 574 g/mol. The fraction of sp³-hybridized carbons (Fsp3) is 0.250. The SMILES string of the molecule is CNC(=O)Nc1ccc2n(cc[n+]2CC2=C(C(=O)[O-])N3C(=O)[C@@H](NC(=O)/C(=N\O)c4nsc(N)n4)[C@H]3SC2)n1. The maximum Gasteiger partial charge on any atom is 0.320 e. The molecule has 2 atom stereocenters. The Morgan fingerprint density at radius 1 is 1.36 bits per heavy atom. The van der Waals surface area contributed by atoms with Crippen molar-refractivity contribution in [1.29, 1.82) is 0 Å². The molecule has 19 heteroatoms. The number of urea groups is 1. The smallest absolute Gasteiger partial charge is 0.320 e. The summed E-state index contributed by atoms with van der Waals surface area (Å²) in [4.78, 5) is 54.1. The molecule has 4 amide bonds. The number of nitrogens with zero attached hydrogens (tertiary/aromatic N) is 7. The molecule has 2 aliphatic rings. The topological polar surface area (TPSA) is 236 Å². The minimum atomic E-state index is -1.53. The molecule has 0 spiro atoms. The molecule has 1 saturated heterocycles. The molecule has 6 N–H and O–H groups in total. The number of rotatable bonds is 7. The van der Waals surface area contributed by atoms with Gasteiger partial charge in [0.1, 0.15) is 24.2 Å². The van der Waals surface area contributed by atoms with E-state index < -0.39 is 40.9 Å².